The smallest absolute Gasteiger partial charge is 0.166 e. The van der Waals surface area contributed by atoms with Gasteiger partial charge in [-0.2, -0.15) is 0 Å². The van der Waals surface area contributed by atoms with Gasteiger partial charge in [-0.25, -0.2) is 4.98 Å². The number of H-pyrrole nitrogens is 1. The normalized spacial score (nSPS) is 14.2. The molecule has 3 nitrogen and oxygen atoms in total. The fourth-order valence-corrected chi connectivity index (χ4v) is 3.27. The van der Waals surface area contributed by atoms with Gasteiger partial charge >= 0.3 is 0 Å². The maximum absolute atomic E-state index is 6.37. The lowest BCUT2D eigenvalue weighted by molar-refractivity contribution is 0.713. The van der Waals surface area contributed by atoms with Crippen LogP contribution in [-0.2, 0) is 0 Å². The monoisotopic (exact) mass is 297 g/mol. The van der Waals surface area contributed by atoms with Gasteiger partial charge in [-0.1, -0.05) is 60.6 Å². The standard InChI is InChI=1S/C17H19N3S/c1-11-7-9-13(10-8-11)16(18)12(2)21-17-19-14-5-3-4-6-15(14)20-17/h3-10,12,16H,18H2,1-2H3,(H,19,20). The summed E-state index contributed by atoms with van der Waals surface area (Å²) in [5, 5.41) is 1.17. The van der Waals surface area contributed by atoms with E-state index in [0.29, 0.717) is 0 Å². The van der Waals surface area contributed by atoms with Gasteiger partial charge in [-0.05, 0) is 24.6 Å². The number of aromatic amines is 1. The molecule has 21 heavy (non-hydrogen) atoms. The molecule has 0 aliphatic rings. The number of rotatable bonds is 4. The van der Waals surface area contributed by atoms with E-state index in [4.69, 9.17) is 5.73 Å². The molecule has 108 valence electrons. The van der Waals surface area contributed by atoms with Crippen molar-refractivity contribution in [2.24, 2.45) is 5.73 Å². The maximum Gasteiger partial charge on any atom is 0.166 e. The molecule has 0 fully saturated rings. The van der Waals surface area contributed by atoms with Gasteiger partial charge in [0.25, 0.3) is 0 Å². The van der Waals surface area contributed by atoms with Crippen LogP contribution in [0.2, 0.25) is 0 Å². The highest BCUT2D eigenvalue weighted by Crippen LogP contribution is 2.30. The van der Waals surface area contributed by atoms with Crippen LogP contribution in [0.3, 0.4) is 0 Å². The lowest BCUT2D eigenvalue weighted by Gasteiger charge is -2.18. The van der Waals surface area contributed by atoms with Crippen molar-refractivity contribution in [3.05, 3.63) is 59.7 Å². The maximum atomic E-state index is 6.37. The van der Waals surface area contributed by atoms with Crippen LogP contribution in [0.4, 0.5) is 0 Å². The van der Waals surface area contributed by atoms with E-state index in [9.17, 15) is 0 Å². The summed E-state index contributed by atoms with van der Waals surface area (Å²) in [7, 11) is 0. The molecule has 0 spiro atoms. The molecule has 4 heteroatoms. The van der Waals surface area contributed by atoms with E-state index in [1.165, 1.54) is 5.56 Å². The molecular weight excluding hydrogens is 278 g/mol. The van der Waals surface area contributed by atoms with Crippen LogP contribution in [0, 0.1) is 6.92 Å². The first-order valence-electron chi connectivity index (χ1n) is 7.07. The Morgan fingerprint density at radius 2 is 1.81 bits per heavy atom. The number of nitrogens with one attached hydrogen (secondary N) is 1. The molecule has 3 aromatic rings. The highest BCUT2D eigenvalue weighted by molar-refractivity contribution is 7.99. The van der Waals surface area contributed by atoms with Crippen LogP contribution in [0.25, 0.3) is 11.0 Å². The zero-order chi connectivity index (χ0) is 14.8. The quantitative estimate of drug-likeness (QED) is 0.714. The molecular formula is C17H19N3S. The first kappa shape index (κ1) is 14.2. The molecule has 1 heterocycles. The molecule has 0 amide bonds. The summed E-state index contributed by atoms with van der Waals surface area (Å²) in [6.07, 6.45) is 0. The minimum Gasteiger partial charge on any atom is -0.333 e. The van der Waals surface area contributed by atoms with E-state index < -0.39 is 0 Å². The first-order valence-corrected chi connectivity index (χ1v) is 7.95. The van der Waals surface area contributed by atoms with Crippen LogP contribution in [0.15, 0.2) is 53.7 Å². The molecule has 3 N–H and O–H groups in total. The molecule has 2 unspecified atom stereocenters. The van der Waals surface area contributed by atoms with Gasteiger partial charge in [0.05, 0.1) is 11.0 Å². The third-order valence-corrected chi connectivity index (χ3v) is 4.71. The van der Waals surface area contributed by atoms with Gasteiger partial charge in [0.2, 0.25) is 0 Å². The Morgan fingerprint density at radius 3 is 2.52 bits per heavy atom. The molecule has 0 aliphatic heterocycles. The van der Waals surface area contributed by atoms with Crippen molar-refractivity contribution >= 4 is 22.8 Å². The summed E-state index contributed by atoms with van der Waals surface area (Å²) in [5.74, 6) is 0. The van der Waals surface area contributed by atoms with Crippen LogP contribution in [0.5, 0.6) is 0 Å². The highest BCUT2D eigenvalue weighted by Gasteiger charge is 2.17. The van der Waals surface area contributed by atoms with Gasteiger partial charge in [-0.15, -0.1) is 0 Å². The van der Waals surface area contributed by atoms with Crippen LogP contribution >= 0.6 is 11.8 Å². The summed E-state index contributed by atoms with van der Waals surface area (Å²) in [6.45, 7) is 4.23. The fourth-order valence-electron chi connectivity index (χ4n) is 2.29. The number of nitrogens with zero attached hydrogens (tertiary/aromatic N) is 1. The van der Waals surface area contributed by atoms with E-state index in [0.717, 1.165) is 21.8 Å². The molecule has 0 saturated carbocycles. The third kappa shape index (κ3) is 3.12. The van der Waals surface area contributed by atoms with E-state index >= 15 is 0 Å². The van der Waals surface area contributed by atoms with Crippen molar-refractivity contribution in [2.75, 3.05) is 0 Å². The highest BCUT2D eigenvalue weighted by atomic mass is 32.2. The predicted octanol–water partition coefficient (Wildman–Crippen LogP) is 4.05. The molecule has 0 saturated heterocycles. The average molecular weight is 297 g/mol. The molecule has 2 atom stereocenters. The van der Waals surface area contributed by atoms with Gasteiger partial charge in [0, 0.05) is 11.3 Å². The van der Waals surface area contributed by atoms with Gasteiger partial charge < -0.3 is 10.7 Å². The Morgan fingerprint density at radius 1 is 1.10 bits per heavy atom. The zero-order valence-electron chi connectivity index (χ0n) is 12.2. The number of thioether (sulfide) groups is 1. The summed E-state index contributed by atoms with van der Waals surface area (Å²) in [6, 6.07) is 16.5. The summed E-state index contributed by atoms with van der Waals surface area (Å²) in [5.41, 5.74) is 10.8. The summed E-state index contributed by atoms with van der Waals surface area (Å²) >= 11 is 1.68. The Hall–Kier alpha value is -1.78. The number of aryl methyl sites for hydroxylation is 1. The molecule has 0 radical (unpaired) electrons. The van der Waals surface area contributed by atoms with Crippen LogP contribution in [-0.4, -0.2) is 15.2 Å². The Kier molecular flexibility index (Phi) is 3.99. The number of nitrogens with two attached hydrogens (primary N) is 1. The summed E-state index contributed by atoms with van der Waals surface area (Å²) in [4.78, 5) is 7.93. The minimum atomic E-state index is -0.0104. The number of fused-ring (bicyclic) bond motifs is 1. The van der Waals surface area contributed by atoms with Crippen molar-refractivity contribution in [1.82, 2.24) is 9.97 Å². The molecule has 0 aliphatic carbocycles. The number of benzene rings is 2. The second kappa shape index (κ2) is 5.92. The van der Waals surface area contributed by atoms with Crippen molar-refractivity contribution in [3.8, 4) is 0 Å². The average Bonchev–Trinajstić information content (AvgIpc) is 2.89. The molecule has 1 aromatic heterocycles. The van der Waals surface area contributed by atoms with E-state index in [2.05, 4.69) is 48.1 Å². The van der Waals surface area contributed by atoms with E-state index in [1.54, 1.807) is 11.8 Å². The number of imidazole rings is 1. The van der Waals surface area contributed by atoms with Crippen molar-refractivity contribution < 1.29 is 0 Å². The van der Waals surface area contributed by atoms with Gasteiger partial charge in [0.15, 0.2) is 5.16 Å². The van der Waals surface area contributed by atoms with Crippen molar-refractivity contribution in [2.45, 2.75) is 30.3 Å². The second-order valence-electron chi connectivity index (χ2n) is 5.32. The second-order valence-corrected chi connectivity index (χ2v) is 6.68. The number of aromatic nitrogens is 2. The van der Waals surface area contributed by atoms with E-state index in [-0.39, 0.29) is 11.3 Å². The molecule has 0 bridgehead atoms. The largest absolute Gasteiger partial charge is 0.333 e. The molecule has 2 aromatic carbocycles. The Bertz CT molecular complexity index is 700. The number of hydrogen-bond acceptors (Lipinski definition) is 3. The fraction of sp³-hybridized carbons (Fsp3) is 0.235. The van der Waals surface area contributed by atoms with E-state index in [1.807, 2.05) is 24.3 Å². The SMILES string of the molecule is Cc1ccc(C(N)C(C)Sc2nc3ccccc3[nH]2)cc1. The third-order valence-electron chi connectivity index (χ3n) is 3.63. The lowest BCUT2D eigenvalue weighted by Crippen LogP contribution is -2.21. The van der Waals surface area contributed by atoms with Crippen LogP contribution in [0.1, 0.15) is 24.1 Å². The van der Waals surface area contributed by atoms with Gasteiger partial charge in [0.1, 0.15) is 0 Å². The number of para-hydroxylation sites is 2. The minimum absolute atomic E-state index is 0.0104. The summed E-state index contributed by atoms with van der Waals surface area (Å²) < 4.78 is 0. The van der Waals surface area contributed by atoms with Crippen molar-refractivity contribution in [3.63, 3.8) is 0 Å². The van der Waals surface area contributed by atoms with Crippen molar-refractivity contribution in [1.29, 1.82) is 0 Å². The lowest BCUT2D eigenvalue weighted by atomic mass is 10.0. The molecule has 3 rings (SSSR count). The van der Waals surface area contributed by atoms with Gasteiger partial charge in [-0.3, -0.25) is 0 Å². The van der Waals surface area contributed by atoms with Crippen LogP contribution < -0.4 is 5.73 Å². The topological polar surface area (TPSA) is 54.7 Å². The predicted molar refractivity (Wildman–Crippen MR) is 89.5 cm³/mol. The zero-order valence-corrected chi connectivity index (χ0v) is 13.0. The first-order chi connectivity index (χ1) is 10.1. The Balaban J connectivity index is 1.75. The Labute approximate surface area is 129 Å². The number of hydrogen-bond donors (Lipinski definition) is 2.